The predicted octanol–water partition coefficient (Wildman–Crippen LogP) is 4.84. The molecule has 0 aliphatic rings. The molecule has 156 valence electrons. The molecular formula is C24H32N2O3. The number of benzene rings is 2. The lowest BCUT2D eigenvalue weighted by Gasteiger charge is -2.30. The maximum atomic E-state index is 12.2. The Morgan fingerprint density at radius 3 is 2.34 bits per heavy atom. The van der Waals surface area contributed by atoms with E-state index < -0.39 is 0 Å². The topological polar surface area (TPSA) is 50.8 Å². The lowest BCUT2D eigenvalue weighted by Crippen LogP contribution is -2.39. The van der Waals surface area contributed by atoms with E-state index in [1.807, 2.05) is 30.3 Å². The highest BCUT2D eigenvalue weighted by Gasteiger charge is 2.14. The molecule has 0 aromatic heterocycles. The van der Waals surface area contributed by atoms with Gasteiger partial charge in [-0.2, -0.15) is 0 Å². The Morgan fingerprint density at radius 1 is 1.03 bits per heavy atom. The summed E-state index contributed by atoms with van der Waals surface area (Å²) in [5, 5.41) is 2.87. The molecule has 0 aliphatic carbocycles. The SMILES string of the molecule is COc1ccc(NC(=O)/C=C/c2ccccc2)cc1OCCN(C(C)C)C(C)C. The van der Waals surface area contributed by atoms with Crippen LogP contribution in [0.5, 0.6) is 11.5 Å². The lowest BCUT2D eigenvalue weighted by molar-refractivity contribution is -0.111. The van der Waals surface area contributed by atoms with Crippen LogP contribution in [-0.4, -0.2) is 43.2 Å². The zero-order chi connectivity index (χ0) is 21.2. The van der Waals surface area contributed by atoms with Crippen molar-refractivity contribution in [2.24, 2.45) is 0 Å². The largest absolute Gasteiger partial charge is 0.493 e. The van der Waals surface area contributed by atoms with Gasteiger partial charge in [0.05, 0.1) is 7.11 Å². The molecule has 2 rings (SSSR count). The molecule has 29 heavy (non-hydrogen) atoms. The monoisotopic (exact) mass is 396 g/mol. The van der Waals surface area contributed by atoms with E-state index in [0.29, 0.717) is 35.9 Å². The fourth-order valence-corrected chi connectivity index (χ4v) is 3.16. The fraction of sp³-hybridized carbons (Fsp3) is 0.375. The van der Waals surface area contributed by atoms with Gasteiger partial charge in [0.2, 0.25) is 5.91 Å². The zero-order valence-corrected chi connectivity index (χ0v) is 18.0. The Kier molecular flexibility index (Phi) is 8.74. The summed E-state index contributed by atoms with van der Waals surface area (Å²) in [6.07, 6.45) is 3.30. The number of carbonyl (C=O) groups is 1. The van der Waals surface area contributed by atoms with Crippen molar-refractivity contribution in [1.82, 2.24) is 4.90 Å². The van der Waals surface area contributed by atoms with Crippen molar-refractivity contribution in [2.75, 3.05) is 25.6 Å². The third kappa shape index (κ3) is 7.27. The molecule has 1 amide bonds. The van der Waals surface area contributed by atoms with Gasteiger partial charge in [0, 0.05) is 36.5 Å². The highest BCUT2D eigenvalue weighted by molar-refractivity contribution is 6.02. The van der Waals surface area contributed by atoms with Crippen LogP contribution in [0.3, 0.4) is 0 Å². The molecule has 0 saturated heterocycles. The summed E-state index contributed by atoms with van der Waals surface area (Å²) in [7, 11) is 1.61. The van der Waals surface area contributed by atoms with Crippen molar-refractivity contribution in [1.29, 1.82) is 0 Å². The predicted molar refractivity (Wildman–Crippen MR) is 120 cm³/mol. The van der Waals surface area contributed by atoms with Gasteiger partial charge in [0.25, 0.3) is 0 Å². The smallest absolute Gasteiger partial charge is 0.248 e. The van der Waals surface area contributed by atoms with Gasteiger partial charge in [0.1, 0.15) is 6.61 Å². The Balaban J connectivity index is 2.00. The summed E-state index contributed by atoms with van der Waals surface area (Å²) in [4.78, 5) is 14.6. The van der Waals surface area contributed by atoms with Crippen molar-refractivity contribution >= 4 is 17.7 Å². The number of nitrogens with zero attached hydrogens (tertiary/aromatic N) is 1. The highest BCUT2D eigenvalue weighted by atomic mass is 16.5. The molecule has 0 unspecified atom stereocenters. The van der Waals surface area contributed by atoms with Crippen LogP contribution in [0.4, 0.5) is 5.69 Å². The van der Waals surface area contributed by atoms with Gasteiger partial charge in [-0.15, -0.1) is 0 Å². The van der Waals surface area contributed by atoms with Crippen LogP contribution >= 0.6 is 0 Å². The molecule has 0 aliphatic heterocycles. The van der Waals surface area contributed by atoms with E-state index in [9.17, 15) is 4.79 Å². The first-order chi connectivity index (χ1) is 13.9. The Labute approximate surface area is 174 Å². The second-order valence-electron chi connectivity index (χ2n) is 7.37. The van der Waals surface area contributed by atoms with Crippen LogP contribution < -0.4 is 14.8 Å². The van der Waals surface area contributed by atoms with E-state index in [4.69, 9.17) is 9.47 Å². The van der Waals surface area contributed by atoms with Gasteiger partial charge in [-0.25, -0.2) is 0 Å². The molecular weight excluding hydrogens is 364 g/mol. The molecule has 0 saturated carbocycles. The van der Waals surface area contributed by atoms with Gasteiger partial charge >= 0.3 is 0 Å². The van der Waals surface area contributed by atoms with Crippen molar-refractivity contribution < 1.29 is 14.3 Å². The number of carbonyl (C=O) groups excluding carboxylic acids is 1. The maximum absolute atomic E-state index is 12.2. The summed E-state index contributed by atoms with van der Waals surface area (Å²) in [6, 6.07) is 16.0. The summed E-state index contributed by atoms with van der Waals surface area (Å²) >= 11 is 0. The Bertz CT molecular complexity index is 793. The molecule has 0 spiro atoms. The third-order valence-corrected chi connectivity index (χ3v) is 4.59. The van der Waals surface area contributed by atoms with Crippen molar-refractivity contribution in [2.45, 2.75) is 39.8 Å². The minimum atomic E-state index is -0.198. The molecule has 5 nitrogen and oxygen atoms in total. The Hall–Kier alpha value is -2.79. The number of nitrogens with one attached hydrogen (secondary N) is 1. The highest BCUT2D eigenvalue weighted by Crippen LogP contribution is 2.30. The van der Waals surface area contributed by atoms with Crippen LogP contribution in [0.2, 0.25) is 0 Å². The van der Waals surface area contributed by atoms with E-state index in [1.54, 1.807) is 31.4 Å². The summed E-state index contributed by atoms with van der Waals surface area (Å²) in [5.74, 6) is 1.06. The molecule has 2 aromatic carbocycles. The number of hydrogen-bond acceptors (Lipinski definition) is 4. The first kappa shape index (κ1) is 22.5. The molecule has 0 heterocycles. The van der Waals surface area contributed by atoms with E-state index in [0.717, 1.165) is 12.1 Å². The van der Waals surface area contributed by atoms with Gasteiger partial charge < -0.3 is 14.8 Å². The van der Waals surface area contributed by atoms with E-state index in [1.165, 1.54) is 6.08 Å². The van der Waals surface area contributed by atoms with Crippen LogP contribution in [0, 0.1) is 0 Å². The zero-order valence-electron chi connectivity index (χ0n) is 18.0. The number of rotatable bonds is 10. The molecule has 0 fully saturated rings. The van der Waals surface area contributed by atoms with E-state index in [-0.39, 0.29) is 5.91 Å². The second kappa shape index (κ2) is 11.3. The number of amides is 1. The minimum Gasteiger partial charge on any atom is -0.493 e. The number of anilines is 1. The van der Waals surface area contributed by atoms with E-state index in [2.05, 4.69) is 37.9 Å². The quantitative estimate of drug-likeness (QED) is 0.584. The van der Waals surface area contributed by atoms with E-state index >= 15 is 0 Å². The van der Waals surface area contributed by atoms with Gasteiger partial charge in [-0.1, -0.05) is 30.3 Å². The minimum absolute atomic E-state index is 0.198. The standard InChI is InChI=1S/C24H32N2O3/c1-18(2)26(19(3)4)15-16-29-23-17-21(12-13-22(23)28-5)25-24(27)14-11-20-9-7-6-8-10-20/h6-14,17-19H,15-16H2,1-5H3,(H,25,27)/b14-11+. The van der Waals surface area contributed by atoms with Crippen molar-refractivity contribution in [3.05, 3.63) is 60.2 Å². The van der Waals surface area contributed by atoms with Crippen molar-refractivity contribution in [3.63, 3.8) is 0 Å². The van der Waals surface area contributed by atoms with Crippen LogP contribution in [-0.2, 0) is 4.79 Å². The average molecular weight is 397 g/mol. The number of ether oxygens (including phenoxy) is 2. The molecule has 0 radical (unpaired) electrons. The first-order valence-electron chi connectivity index (χ1n) is 10.0. The molecule has 0 atom stereocenters. The molecule has 0 bridgehead atoms. The summed E-state index contributed by atoms with van der Waals surface area (Å²) in [6.45, 7) is 10.1. The van der Waals surface area contributed by atoms with Gasteiger partial charge in [-0.3, -0.25) is 9.69 Å². The average Bonchev–Trinajstić information content (AvgIpc) is 2.70. The van der Waals surface area contributed by atoms with Crippen LogP contribution in [0.1, 0.15) is 33.3 Å². The molecule has 2 aromatic rings. The summed E-state index contributed by atoms with van der Waals surface area (Å²) in [5.41, 5.74) is 1.63. The van der Waals surface area contributed by atoms with Crippen LogP contribution in [0.15, 0.2) is 54.6 Å². The molecule has 5 heteroatoms. The number of hydrogen-bond donors (Lipinski definition) is 1. The van der Waals surface area contributed by atoms with Gasteiger partial charge in [0.15, 0.2) is 11.5 Å². The lowest BCUT2D eigenvalue weighted by atomic mass is 10.2. The summed E-state index contributed by atoms with van der Waals surface area (Å²) < 4.78 is 11.4. The molecule has 1 N–H and O–H groups in total. The van der Waals surface area contributed by atoms with Gasteiger partial charge in [-0.05, 0) is 51.5 Å². The normalized spacial score (nSPS) is 11.4. The second-order valence-corrected chi connectivity index (χ2v) is 7.37. The third-order valence-electron chi connectivity index (χ3n) is 4.59. The Morgan fingerprint density at radius 2 is 1.72 bits per heavy atom. The van der Waals surface area contributed by atoms with Crippen LogP contribution in [0.25, 0.3) is 6.08 Å². The number of methoxy groups -OCH3 is 1. The first-order valence-corrected chi connectivity index (χ1v) is 10.0. The van der Waals surface area contributed by atoms with Crippen molar-refractivity contribution in [3.8, 4) is 11.5 Å². The fourth-order valence-electron chi connectivity index (χ4n) is 3.16. The maximum Gasteiger partial charge on any atom is 0.248 e.